The van der Waals surface area contributed by atoms with Crippen LogP contribution in [-0.4, -0.2) is 11.1 Å². The highest BCUT2D eigenvalue weighted by Crippen LogP contribution is 2.29. The van der Waals surface area contributed by atoms with Crippen LogP contribution in [0.4, 0.5) is 0 Å². The second-order valence-electron chi connectivity index (χ2n) is 4.00. The van der Waals surface area contributed by atoms with Crippen LogP contribution in [0.25, 0.3) is 0 Å². The summed E-state index contributed by atoms with van der Waals surface area (Å²) < 4.78 is 5.72. The fraction of sp³-hybridized carbons (Fsp3) is 0.214. The molecule has 0 saturated carbocycles. The van der Waals surface area contributed by atoms with Crippen molar-refractivity contribution in [2.45, 2.75) is 6.42 Å². The van der Waals surface area contributed by atoms with E-state index in [-0.39, 0.29) is 5.92 Å². The fourth-order valence-corrected chi connectivity index (χ4v) is 2.31. The lowest BCUT2D eigenvalue weighted by atomic mass is 9.93. The summed E-state index contributed by atoms with van der Waals surface area (Å²) in [4.78, 5) is 11.2. The van der Waals surface area contributed by atoms with Crippen LogP contribution >= 0.6 is 23.2 Å². The summed E-state index contributed by atoms with van der Waals surface area (Å²) in [7, 11) is 0. The number of allylic oxidation sites excluding steroid dienone is 4. The maximum atomic E-state index is 11.2. The van der Waals surface area contributed by atoms with Crippen LogP contribution in [0.2, 0.25) is 0 Å². The van der Waals surface area contributed by atoms with Gasteiger partial charge in [0.15, 0.2) is 0 Å². The molecule has 0 bridgehead atoms. The highest BCUT2D eigenvalue weighted by Gasteiger charge is 2.23. The minimum absolute atomic E-state index is 0.0830. The lowest BCUT2D eigenvalue weighted by Gasteiger charge is -2.21. The van der Waals surface area contributed by atoms with Crippen molar-refractivity contribution in [3.8, 4) is 5.75 Å². The van der Waals surface area contributed by atoms with E-state index in [1.54, 1.807) is 12.2 Å². The predicted octanol–water partition coefficient (Wildman–Crippen LogP) is 3.90. The van der Waals surface area contributed by atoms with E-state index in [1.807, 2.05) is 30.3 Å². The standard InChI is InChI=1S/C14H12Cl2O2/c15-9-10-8-12(6-7-13(10)14(16)17)18-11-4-2-1-3-5-11/h1-7,10H,8-9H2. The summed E-state index contributed by atoms with van der Waals surface area (Å²) in [5, 5.41) is -0.448. The van der Waals surface area contributed by atoms with Crippen molar-refractivity contribution in [1.82, 2.24) is 0 Å². The molecule has 94 valence electrons. The van der Waals surface area contributed by atoms with Crippen molar-refractivity contribution >= 4 is 28.4 Å². The van der Waals surface area contributed by atoms with Crippen LogP contribution in [0.1, 0.15) is 6.42 Å². The Morgan fingerprint density at radius 2 is 2.00 bits per heavy atom. The molecule has 0 N–H and O–H groups in total. The Hall–Kier alpha value is -1.25. The van der Waals surface area contributed by atoms with E-state index in [1.165, 1.54) is 0 Å². The van der Waals surface area contributed by atoms with Crippen LogP contribution in [-0.2, 0) is 4.79 Å². The Labute approximate surface area is 116 Å². The van der Waals surface area contributed by atoms with Gasteiger partial charge in [0.1, 0.15) is 11.5 Å². The molecular weight excluding hydrogens is 271 g/mol. The van der Waals surface area contributed by atoms with Crippen molar-refractivity contribution in [3.63, 3.8) is 0 Å². The van der Waals surface area contributed by atoms with Gasteiger partial charge in [-0.05, 0) is 29.8 Å². The van der Waals surface area contributed by atoms with E-state index in [9.17, 15) is 4.79 Å². The molecule has 2 nitrogen and oxygen atoms in total. The van der Waals surface area contributed by atoms with Crippen LogP contribution < -0.4 is 4.74 Å². The first-order valence-corrected chi connectivity index (χ1v) is 6.51. The summed E-state index contributed by atoms with van der Waals surface area (Å²) in [6.45, 7) is 0. The number of carbonyl (C=O) groups excluding carboxylic acids is 1. The number of ether oxygens (including phenoxy) is 1. The number of hydrogen-bond acceptors (Lipinski definition) is 2. The lowest BCUT2D eigenvalue weighted by Crippen LogP contribution is -2.17. The van der Waals surface area contributed by atoms with Crippen molar-refractivity contribution < 1.29 is 9.53 Å². The van der Waals surface area contributed by atoms with Gasteiger partial charge in [-0.1, -0.05) is 24.3 Å². The molecule has 1 aromatic rings. The van der Waals surface area contributed by atoms with Gasteiger partial charge in [0.05, 0.1) is 0 Å². The van der Waals surface area contributed by atoms with Crippen molar-refractivity contribution in [3.05, 3.63) is 53.8 Å². The Balaban J connectivity index is 2.14. The van der Waals surface area contributed by atoms with Gasteiger partial charge in [-0.2, -0.15) is 0 Å². The highest BCUT2D eigenvalue weighted by atomic mass is 35.5. The number of benzene rings is 1. The zero-order chi connectivity index (χ0) is 13.0. The van der Waals surface area contributed by atoms with Crippen molar-refractivity contribution in [2.24, 2.45) is 5.92 Å². The quantitative estimate of drug-likeness (QED) is 0.618. The molecule has 1 aliphatic rings. The summed E-state index contributed by atoms with van der Waals surface area (Å²) in [5.74, 6) is 1.82. The van der Waals surface area contributed by atoms with Gasteiger partial charge >= 0.3 is 0 Å². The monoisotopic (exact) mass is 282 g/mol. The van der Waals surface area contributed by atoms with Gasteiger partial charge in [-0.15, -0.1) is 11.6 Å². The van der Waals surface area contributed by atoms with Gasteiger partial charge in [0.2, 0.25) is 5.24 Å². The van der Waals surface area contributed by atoms with Crippen LogP contribution in [0, 0.1) is 5.92 Å². The molecule has 1 aromatic carbocycles. The topological polar surface area (TPSA) is 26.3 Å². The molecule has 0 amide bonds. The normalized spacial score (nSPS) is 18.9. The molecule has 0 aliphatic heterocycles. The largest absolute Gasteiger partial charge is 0.462 e. The number of hydrogen-bond donors (Lipinski definition) is 0. The van der Waals surface area contributed by atoms with E-state index in [0.717, 1.165) is 11.5 Å². The first kappa shape index (κ1) is 13.2. The summed E-state index contributed by atoms with van der Waals surface area (Å²) >= 11 is 11.4. The van der Waals surface area contributed by atoms with E-state index in [2.05, 4.69) is 0 Å². The molecule has 0 spiro atoms. The first-order valence-electron chi connectivity index (χ1n) is 5.60. The van der Waals surface area contributed by atoms with Gasteiger partial charge in [-0.25, -0.2) is 0 Å². The fourth-order valence-electron chi connectivity index (χ4n) is 1.82. The van der Waals surface area contributed by atoms with E-state index >= 15 is 0 Å². The number of rotatable bonds is 4. The van der Waals surface area contributed by atoms with Crippen LogP contribution in [0.3, 0.4) is 0 Å². The molecule has 1 atom stereocenters. The number of halogens is 2. The molecule has 0 fully saturated rings. The Morgan fingerprint density at radius 1 is 1.28 bits per heavy atom. The number of para-hydroxylation sites is 1. The maximum absolute atomic E-state index is 11.2. The van der Waals surface area contributed by atoms with E-state index in [4.69, 9.17) is 27.9 Å². The smallest absolute Gasteiger partial charge is 0.248 e. The summed E-state index contributed by atoms with van der Waals surface area (Å²) in [6.07, 6.45) is 4.04. The summed E-state index contributed by atoms with van der Waals surface area (Å²) in [5.41, 5.74) is 0.548. The third-order valence-electron chi connectivity index (χ3n) is 2.74. The zero-order valence-electron chi connectivity index (χ0n) is 9.61. The van der Waals surface area contributed by atoms with Crippen LogP contribution in [0.15, 0.2) is 53.8 Å². The van der Waals surface area contributed by atoms with Gasteiger partial charge in [0.25, 0.3) is 0 Å². The predicted molar refractivity (Wildman–Crippen MR) is 72.9 cm³/mol. The molecule has 0 saturated heterocycles. The highest BCUT2D eigenvalue weighted by molar-refractivity contribution is 6.67. The molecule has 0 aromatic heterocycles. The Bertz CT molecular complexity index is 492. The maximum Gasteiger partial charge on any atom is 0.248 e. The first-order chi connectivity index (χ1) is 8.70. The molecule has 4 heteroatoms. The molecule has 18 heavy (non-hydrogen) atoms. The third-order valence-corrected chi connectivity index (χ3v) is 3.33. The third kappa shape index (κ3) is 3.15. The SMILES string of the molecule is O=C(Cl)C1=CC=C(Oc2ccccc2)CC1CCl. The number of carbonyl (C=O) groups is 1. The van der Waals surface area contributed by atoms with Gasteiger partial charge in [0, 0.05) is 23.8 Å². The molecule has 2 rings (SSSR count). The van der Waals surface area contributed by atoms with Crippen LogP contribution in [0.5, 0.6) is 5.75 Å². The zero-order valence-corrected chi connectivity index (χ0v) is 11.1. The minimum atomic E-state index is -0.448. The second kappa shape index (κ2) is 6.07. The van der Waals surface area contributed by atoms with E-state index < -0.39 is 5.24 Å². The number of alkyl halides is 1. The molecule has 0 heterocycles. The lowest BCUT2D eigenvalue weighted by molar-refractivity contribution is -0.109. The van der Waals surface area contributed by atoms with E-state index in [0.29, 0.717) is 17.9 Å². The molecular formula is C14H12Cl2O2. The molecule has 1 aliphatic carbocycles. The Kier molecular flexibility index (Phi) is 4.45. The van der Waals surface area contributed by atoms with Gasteiger partial charge in [-0.3, -0.25) is 4.79 Å². The van der Waals surface area contributed by atoms with Gasteiger partial charge < -0.3 is 4.74 Å². The second-order valence-corrected chi connectivity index (χ2v) is 4.65. The molecule has 0 radical (unpaired) electrons. The molecule has 1 unspecified atom stereocenters. The minimum Gasteiger partial charge on any atom is -0.462 e. The van der Waals surface area contributed by atoms with Crippen molar-refractivity contribution in [1.29, 1.82) is 0 Å². The average molecular weight is 283 g/mol. The van der Waals surface area contributed by atoms with Crippen molar-refractivity contribution in [2.75, 3.05) is 5.88 Å². The summed E-state index contributed by atoms with van der Waals surface area (Å²) in [6, 6.07) is 9.49. The Morgan fingerprint density at radius 3 is 2.61 bits per heavy atom. The average Bonchev–Trinajstić information content (AvgIpc) is 2.39.